The number of hydrogen-bond acceptors (Lipinski definition) is 4. The number of hydrogen-bond donors (Lipinski definition) is 1. The summed E-state index contributed by atoms with van der Waals surface area (Å²) >= 11 is 6.41. The van der Waals surface area contributed by atoms with E-state index in [0.29, 0.717) is 17.7 Å². The second kappa shape index (κ2) is 6.88. The lowest BCUT2D eigenvalue weighted by Crippen LogP contribution is -2.10. The Hall–Kier alpha value is -1.37. The Kier molecular flexibility index (Phi) is 5.17. The van der Waals surface area contributed by atoms with Crippen LogP contribution in [0.1, 0.15) is 21.7 Å². The van der Waals surface area contributed by atoms with Gasteiger partial charge in [-0.3, -0.25) is 0 Å². The van der Waals surface area contributed by atoms with Crippen LogP contribution in [-0.4, -0.2) is 16.6 Å². The largest absolute Gasteiger partial charge is 0.389 e. The topological polar surface area (TPSA) is 48.1 Å². The molecule has 1 heterocycles. The van der Waals surface area contributed by atoms with Gasteiger partial charge in [-0.15, -0.1) is 11.3 Å². The molecule has 0 aliphatic carbocycles. The van der Waals surface area contributed by atoms with E-state index in [2.05, 4.69) is 4.98 Å². The van der Waals surface area contributed by atoms with Crippen LogP contribution < -0.4 is 5.73 Å². The van der Waals surface area contributed by atoms with Crippen LogP contribution in [0.4, 0.5) is 4.39 Å². The number of nitrogens with zero attached hydrogens (tertiary/aromatic N) is 1. The van der Waals surface area contributed by atoms with E-state index in [9.17, 15) is 4.39 Å². The predicted molar refractivity (Wildman–Crippen MR) is 82.5 cm³/mol. The Morgan fingerprint density at radius 3 is 2.90 bits per heavy atom. The van der Waals surface area contributed by atoms with E-state index in [-0.39, 0.29) is 17.4 Å². The SMILES string of the molecule is Cc1ncsc1CCOCc1ccc(C(N)=S)cc1F. The molecule has 1 aromatic heterocycles. The minimum Gasteiger partial charge on any atom is -0.389 e. The molecule has 0 aliphatic heterocycles. The highest BCUT2D eigenvalue weighted by Gasteiger charge is 2.06. The van der Waals surface area contributed by atoms with Gasteiger partial charge in [0.15, 0.2) is 0 Å². The third kappa shape index (κ3) is 3.82. The average molecular weight is 310 g/mol. The molecule has 0 radical (unpaired) electrons. The Balaban J connectivity index is 1.85. The van der Waals surface area contributed by atoms with Crippen LogP contribution in [0, 0.1) is 12.7 Å². The van der Waals surface area contributed by atoms with Crippen LogP contribution in [0.3, 0.4) is 0 Å². The van der Waals surface area contributed by atoms with Gasteiger partial charge < -0.3 is 10.5 Å². The number of thiazole rings is 1. The second-order valence-electron chi connectivity index (χ2n) is 4.33. The molecule has 0 spiro atoms. The number of aromatic nitrogens is 1. The summed E-state index contributed by atoms with van der Waals surface area (Å²) in [6.07, 6.45) is 0.795. The molecule has 2 N–H and O–H groups in total. The lowest BCUT2D eigenvalue weighted by molar-refractivity contribution is 0.121. The van der Waals surface area contributed by atoms with Gasteiger partial charge in [0, 0.05) is 22.4 Å². The highest BCUT2D eigenvalue weighted by atomic mass is 32.1. The van der Waals surface area contributed by atoms with Crippen LogP contribution in [0.5, 0.6) is 0 Å². The van der Waals surface area contributed by atoms with Gasteiger partial charge in [-0.25, -0.2) is 9.37 Å². The molecule has 0 saturated heterocycles. The molecule has 1 aromatic carbocycles. The van der Waals surface area contributed by atoms with Gasteiger partial charge in [0.2, 0.25) is 0 Å². The molecule has 6 heteroatoms. The van der Waals surface area contributed by atoms with Gasteiger partial charge in [0.05, 0.1) is 24.4 Å². The standard InChI is InChI=1S/C14H15FN2OS2/c1-9-13(20-8-17-9)4-5-18-7-11-3-2-10(14(16)19)6-12(11)15/h2-3,6,8H,4-5,7H2,1H3,(H2,16,19). The van der Waals surface area contributed by atoms with Crippen molar-refractivity contribution in [2.75, 3.05) is 6.61 Å². The first-order valence-electron chi connectivity index (χ1n) is 6.13. The van der Waals surface area contributed by atoms with E-state index < -0.39 is 0 Å². The van der Waals surface area contributed by atoms with E-state index in [4.69, 9.17) is 22.7 Å². The number of rotatable bonds is 6. The van der Waals surface area contributed by atoms with Crippen LogP contribution in [0.15, 0.2) is 23.7 Å². The minimum absolute atomic E-state index is 0.192. The number of ether oxygens (including phenoxy) is 1. The van der Waals surface area contributed by atoms with E-state index >= 15 is 0 Å². The Morgan fingerprint density at radius 1 is 1.50 bits per heavy atom. The predicted octanol–water partition coefficient (Wildman–Crippen LogP) is 2.98. The molecule has 0 fully saturated rings. The van der Waals surface area contributed by atoms with Crippen LogP contribution >= 0.6 is 23.6 Å². The Morgan fingerprint density at radius 2 is 2.30 bits per heavy atom. The molecule has 2 aromatic rings. The third-order valence-electron chi connectivity index (χ3n) is 2.91. The first kappa shape index (κ1) is 15.0. The zero-order valence-electron chi connectivity index (χ0n) is 11.1. The number of aryl methyl sites for hydroxylation is 1. The number of halogens is 1. The van der Waals surface area contributed by atoms with Crippen molar-refractivity contribution in [1.82, 2.24) is 4.98 Å². The summed E-state index contributed by atoms with van der Waals surface area (Å²) in [4.78, 5) is 5.57. The molecule has 20 heavy (non-hydrogen) atoms. The molecule has 2 rings (SSSR count). The lowest BCUT2D eigenvalue weighted by atomic mass is 10.1. The molecule has 106 valence electrons. The van der Waals surface area contributed by atoms with Crippen LogP contribution in [0.25, 0.3) is 0 Å². The van der Waals surface area contributed by atoms with E-state index in [1.807, 2.05) is 12.4 Å². The number of benzene rings is 1. The van der Waals surface area contributed by atoms with Gasteiger partial charge >= 0.3 is 0 Å². The third-order valence-corrected chi connectivity index (χ3v) is 4.14. The van der Waals surface area contributed by atoms with Gasteiger partial charge in [-0.1, -0.05) is 24.4 Å². The number of nitrogens with two attached hydrogens (primary N) is 1. The maximum atomic E-state index is 13.8. The van der Waals surface area contributed by atoms with Crippen molar-refractivity contribution in [3.05, 3.63) is 51.2 Å². The summed E-state index contributed by atoms with van der Waals surface area (Å²) in [7, 11) is 0. The first-order chi connectivity index (χ1) is 9.58. The van der Waals surface area contributed by atoms with E-state index in [0.717, 1.165) is 12.1 Å². The summed E-state index contributed by atoms with van der Waals surface area (Å²) in [6.45, 7) is 2.75. The zero-order chi connectivity index (χ0) is 14.5. The van der Waals surface area contributed by atoms with Crippen molar-refractivity contribution in [3.63, 3.8) is 0 Å². The van der Waals surface area contributed by atoms with Crippen molar-refractivity contribution >= 4 is 28.5 Å². The summed E-state index contributed by atoms with van der Waals surface area (Å²) < 4.78 is 19.3. The smallest absolute Gasteiger partial charge is 0.129 e. The molecular weight excluding hydrogens is 295 g/mol. The summed E-state index contributed by atoms with van der Waals surface area (Å²) in [5.74, 6) is -0.343. The fraction of sp³-hybridized carbons (Fsp3) is 0.286. The summed E-state index contributed by atoms with van der Waals surface area (Å²) in [5, 5.41) is 0. The Labute approximate surface area is 126 Å². The van der Waals surface area contributed by atoms with Crippen molar-refractivity contribution in [1.29, 1.82) is 0 Å². The zero-order valence-corrected chi connectivity index (χ0v) is 12.7. The van der Waals surface area contributed by atoms with Crippen LogP contribution in [-0.2, 0) is 17.8 Å². The van der Waals surface area contributed by atoms with Gasteiger partial charge in [-0.05, 0) is 13.0 Å². The average Bonchev–Trinajstić information content (AvgIpc) is 2.81. The molecule has 0 atom stereocenters. The van der Waals surface area contributed by atoms with Crippen molar-refractivity contribution in [3.8, 4) is 0 Å². The Bertz CT molecular complexity index is 613. The summed E-state index contributed by atoms with van der Waals surface area (Å²) in [5.41, 5.74) is 9.34. The van der Waals surface area contributed by atoms with Crippen molar-refractivity contribution < 1.29 is 9.13 Å². The minimum atomic E-state index is -0.343. The van der Waals surface area contributed by atoms with E-state index in [1.165, 1.54) is 10.9 Å². The maximum absolute atomic E-state index is 13.8. The van der Waals surface area contributed by atoms with Gasteiger partial charge in [0.25, 0.3) is 0 Å². The number of thiocarbonyl (C=S) groups is 1. The highest BCUT2D eigenvalue weighted by molar-refractivity contribution is 7.80. The summed E-state index contributed by atoms with van der Waals surface area (Å²) in [6, 6.07) is 4.70. The molecule has 3 nitrogen and oxygen atoms in total. The van der Waals surface area contributed by atoms with Crippen molar-refractivity contribution in [2.45, 2.75) is 20.0 Å². The highest BCUT2D eigenvalue weighted by Crippen LogP contribution is 2.14. The molecule has 0 unspecified atom stereocenters. The quantitative estimate of drug-likeness (QED) is 0.658. The first-order valence-corrected chi connectivity index (χ1v) is 7.41. The fourth-order valence-corrected chi connectivity index (χ4v) is 2.62. The van der Waals surface area contributed by atoms with E-state index in [1.54, 1.807) is 23.5 Å². The van der Waals surface area contributed by atoms with Gasteiger partial charge in [0.1, 0.15) is 10.8 Å². The van der Waals surface area contributed by atoms with Gasteiger partial charge in [-0.2, -0.15) is 0 Å². The normalized spacial score (nSPS) is 10.7. The molecular formula is C14H15FN2OS2. The lowest BCUT2D eigenvalue weighted by Gasteiger charge is -2.07. The fourth-order valence-electron chi connectivity index (χ4n) is 1.73. The molecule has 0 bridgehead atoms. The monoisotopic (exact) mass is 310 g/mol. The maximum Gasteiger partial charge on any atom is 0.129 e. The molecule has 0 aliphatic rings. The molecule has 0 amide bonds. The van der Waals surface area contributed by atoms with Crippen molar-refractivity contribution in [2.24, 2.45) is 5.73 Å². The van der Waals surface area contributed by atoms with Crippen LogP contribution in [0.2, 0.25) is 0 Å². The molecule has 0 saturated carbocycles. The second-order valence-corrected chi connectivity index (χ2v) is 5.71.